The molecule has 62 valence electrons. The first-order valence-electron chi connectivity index (χ1n) is 3.45. The number of carboxylic acid groups (broad SMARTS) is 1. The summed E-state index contributed by atoms with van der Waals surface area (Å²) in [6.45, 7) is 2.34. The number of carboxylic acids is 1. The van der Waals surface area contributed by atoms with E-state index in [-0.39, 0.29) is 0 Å². The van der Waals surface area contributed by atoms with Crippen LogP contribution in [0.1, 0.15) is 0 Å². The van der Waals surface area contributed by atoms with Crippen LogP contribution in [-0.4, -0.2) is 48.1 Å². The Hall–Kier alpha value is -1.10. The van der Waals surface area contributed by atoms with Crippen LogP contribution in [0.2, 0.25) is 0 Å². The van der Waals surface area contributed by atoms with Crippen molar-refractivity contribution in [2.75, 3.05) is 26.2 Å². The summed E-state index contributed by atoms with van der Waals surface area (Å²) in [6.07, 6.45) is 0. The van der Waals surface area contributed by atoms with Crippen molar-refractivity contribution in [2.24, 2.45) is 0 Å². The molecular formula is C6H10N2O3. The number of nitrogens with zero attached hydrogens (tertiary/aromatic N) is 1. The van der Waals surface area contributed by atoms with Crippen LogP contribution >= 0.6 is 0 Å². The molecular weight excluding hydrogens is 148 g/mol. The Morgan fingerprint density at radius 2 is 1.82 bits per heavy atom. The molecule has 5 heteroatoms. The Morgan fingerprint density at radius 3 is 2.27 bits per heavy atom. The third-order valence-corrected chi connectivity index (χ3v) is 1.59. The van der Waals surface area contributed by atoms with Gasteiger partial charge in [-0.25, -0.2) is 4.79 Å². The Kier molecular flexibility index (Phi) is 2.43. The normalized spacial score (nSPS) is 18.0. The average molecular weight is 158 g/mol. The molecule has 0 atom stereocenters. The highest BCUT2D eigenvalue weighted by Crippen LogP contribution is 1.92. The largest absolute Gasteiger partial charge is 0.474 e. The quantitative estimate of drug-likeness (QED) is 0.421. The van der Waals surface area contributed by atoms with Gasteiger partial charge in [0, 0.05) is 26.2 Å². The third kappa shape index (κ3) is 1.91. The van der Waals surface area contributed by atoms with E-state index in [2.05, 4.69) is 5.32 Å². The number of hydrogen-bond donors (Lipinski definition) is 2. The van der Waals surface area contributed by atoms with Gasteiger partial charge in [0.2, 0.25) is 0 Å². The minimum atomic E-state index is -1.37. The SMILES string of the molecule is O=C(O)C(=O)N1CCNCC1. The lowest BCUT2D eigenvalue weighted by Crippen LogP contribution is -2.48. The molecule has 0 unspecified atom stereocenters. The summed E-state index contributed by atoms with van der Waals surface area (Å²) >= 11 is 0. The van der Waals surface area contributed by atoms with Gasteiger partial charge in [0.15, 0.2) is 0 Å². The van der Waals surface area contributed by atoms with E-state index in [1.165, 1.54) is 4.90 Å². The predicted molar refractivity (Wildman–Crippen MR) is 37.1 cm³/mol. The number of nitrogens with one attached hydrogen (secondary N) is 1. The van der Waals surface area contributed by atoms with E-state index in [1.54, 1.807) is 0 Å². The van der Waals surface area contributed by atoms with Crippen LogP contribution in [0, 0.1) is 0 Å². The van der Waals surface area contributed by atoms with Crippen molar-refractivity contribution >= 4 is 11.9 Å². The van der Waals surface area contributed by atoms with Gasteiger partial charge in [0.25, 0.3) is 0 Å². The van der Waals surface area contributed by atoms with Crippen molar-refractivity contribution in [1.29, 1.82) is 0 Å². The molecule has 0 aliphatic carbocycles. The van der Waals surface area contributed by atoms with E-state index in [0.29, 0.717) is 26.2 Å². The van der Waals surface area contributed by atoms with E-state index in [9.17, 15) is 9.59 Å². The number of piperazine rings is 1. The van der Waals surface area contributed by atoms with Crippen LogP contribution in [0.3, 0.4) is 0 Å². The van der Waals surface area contributed by atoms with Gasteiger partial charge >= 0.3 is 11.9 Å². The molecule has 0 aromatic rings. The summed E-state index contributed by atoms with van der Waals surface area (Å²) in [5, 5.41) is 11.3. The molecule has 5 nitrogen and oxygen atoms in total. The zero-order valence-corrected chi connectivity index (χ0v) is 6.04. The molecule has 1 fully saturated rings. The van der Waals surface area contributed by atoms with E-state index >= 15 is 0 Å². The van der Waals surface area contributed by atoms with Crippen LogP contribution in [0.15, 0.2) is 0 Å². The van der Waals surface area contributed by atoms with Gasteiger partial charge in [-0.15, -0.1) is 0 Å². The molecule has 1 heterocycles. The van der Waals surface area contributed by atoms with Crippen LogP contribution in [0.4, 0.5) is 0 Å². The second-order valence-corrected chi connectivity index (χ2v) is 2.35. The fourth-order valence-corrected chi connectivity index (χ4v) is 1.00. The fraction of sp³-hybridized carbons (Fsp3) is 0.667. The molecule has 1 amide bonds. The standard InChI is InChI=1S/C6H10N2O3/c9-5(6(10)11)8-3-1-7-2-4-8/h7H,1-4H2,(H,10,11). The summed E-state index contributed by atoms with van der Waals surface area (Å²) in [4.78, 5) is 22.3. The molecule has 1 aliphatic heterocycles. The van der Waals surface area contributed by atoms with Gasteiger partial charge in [0.05, 0.1) is 0 Å². The highest BCUT2D eigenvalue weighted by Gasteiger charge is 2.21. The van der Waals surface area contributed by atoms with Crippen LogP contribution in [0.5, 0.6) is 0 Å². The minimum Gasteiger partial charge on any atom is -0.474 e. The maximum absolute atomic E-state index is 10.8. The van der Waals surface area contributed by atoms with E-state index < -0.39 is 11.9 Å². The maximum atomic E-state index is 10.8. The van der Waals surface area contributed by atoms with Crippen LogP contribution < -0.4 is 5.32 Å². The first kappa shape index (κ1) is 8.00. The Bertz CT molecular complexity index is 175. The Morgan fingerprint density at radius 1 is 1.27 bits per heavy atom. The zero-order chi connectivity index (χ0) is 8.27. The number of carbonyl (C=O) groups excluding carboxylic acids is 1. The molecule has 0 aromatic carbocycles. The molecule has 2 N–H and O–H groups in total. The Labute approximate surface area is 64.0 Å². The number of aliphatic carboxylic acids is 1. The maximum Gasteiger partial charge on any atom is 0.394 e. The highest BCUT2D eigenvalue weighted by molar-refractivity contribution is 6.31. The smallest absolute Gasteiger partial charge is 0.394 e. The summed E-state index contributed by atoms with van der Waals surface area (Å²) in [6, 6.07) is 0. The second kappa shape index (κ2) is 3.34. The van der Waals surface area contributed by atoms with Gasteiger partial charge in [-0.1, -0.05) is 0 Å². The number of rotatable bonds is 0. The topological polar surface area (TPSA) is 69.6 Å². The van der Waals surface area contributed by atoms with Gasteiger partial charge in [-0.05, 0) is 0 Å². The van der Waals surface area contributed by atoms with E-state index in [4.69, 9.17) is 5.11 Å². The zero-order valence-electron chi connectivity index (χ0n) is 6.04. The molecule has 0 spiro atoms. The molecule has 0 radical (unpaired) electrons. The van der Waals surface area contributed by atoms with Crippen LogP contribution in [-0.2, 0) is 9.59 Å². The minimum absolute atomic E-state index is 0.491. The van der Waals surface area contributed by atoms with Gasteiger partial charge in [-0.3, -0.25) is 4.79 Å². The lowest BCUT2D eigenvalue weighted by atomic mass is 10.3. The van der Waals surface area contributed by atoms with Crippen molar-refractivity contribution < 1.29 is 14.7 Å². The summed E-state index contributed by atoms with van der Waals surface area (Å²) in [5.74, 6) is -2.17. The second-order valence-electron chi connectivity index (χ2n) is 2.35. The monoisotopic (exact) mass is 158 g/mol. The lowest BCUT2D eigenvalue weighted by Gasteiger charge is -2.25. The lowest BCUT2D eigenvalue weighted by molar-refractivity contribution is -0.156. The average Bonchev–Trinajstić information content (AvgIpc) is 2.05. The molecule has 1 aliphatic rings. The molecule has 1 rings (SSSR count). The molecule has 0 saturated carbocycles. The molecule has 0 aromatic heterocycles. The van der Waals surface area contributed by atoms with Crippen LogP contribution in [0.25, 0.3) is 0 Å². The van der Waals surface area contributed by atoms with Gasteiger partial charge in [-0.2, -0.15) is 0 Å². The van der Waals surface area contributed by atoms with Crippen molar-refractivity contribution in [3.05, 3.63) is 0 Å². The van der Waals surface area contributed by atoms with Gasteiger partial charge < -0.3 is 15.3 Å². The first-order valence-corrected chi connectivity index (χ1v) is 3.45. The number of amides is 1. The summed E-state index contributed by atoms with van der Waals surface area (Å²) in [5.41, 5.74) is 0. The van der Waals surface area contributed by atoms with Crippen molar-refractivity contribution in [2.45, 2.75) is 0 Å². The highest BCUT2D eigenvalue weighted by atomic mass is 16.4. The van der Waals surface area contributed by atoms with Gasteiger partial charge in [0.1, 0.15) is 0 Å². The molecule has 11 heavy (non-hydrogen) atoms. The predicted octanol–water partition coefficient (Wildman–Crippen LogP) is -1.50. The third-order valence-electron chi connectivity index (χ3n) is 1.59. The van der Waals surface area contributed by atoms with Crippen molar-refractivity contribution in [3.8, 4) is 0 Å². The fourth-order valence-electron chi connectivity index (χ4n) is 1.00. The first-order chi connectivity index (χ1) is 5.22. The summed E-state index contributed by atoms with van der Waals surface area (Å²) < 4.78 is 0. The molecule has 1 saturated heterocycles. The van der Waals surface area contributed by atoms with E-state index in [0.717, 1.165) is 0 Å². The number of carbonyl (C=O) groups is 2. The van der Waals surface area contributed by atoms with E-state index in [1.807, 2.05) is 0 Å². The van der Waals surface area contributed by atoms with Crippen molar-refractivity contribution in [1.82, 2.24) is 10.2 Å². The Balaban J connectivity index is 2.45. The summed E-state index contributed by atoms with van der Waals surface area (Å²) in [7, 11) is 0. The molecule has 0 bridgehead atoms. The van der Waals surface area contributed by atoms with Crippen molar-refractivity contribution in [3.63, 3.8) is 0 Å². The number of hydrogen-bond acceptors (Lipinski definition) is 3.